The van der Waals surface area contributed by atoms with Crippen molar-refractivity contribution in [3.05, 3.63) is 35.6 Å². The fourth-order valence-electron chi connectivity index (χ4n) is 5.21. The molecule has 3 aliphatic rings. The lowest BCUT2D eigenvalue weighted by atomic mass is 10.00. The zero-order chi connectivity index (χ0) is 24.4. The Bertz CT molecular complexity index is 952. The van der Waals surface area contributed by atoms with Gasteiger partial charge >= 0.3 is 12.0 Å². The molecule has 0 aromatic heterocycles. The maximum Gasteiger partial charge on any atom is 0.334 e. The number of halogens is 1. The first-order valence-corrected chi connectivity index (χ1v) is 11.6. The topological polar surface area (TPSA) is 114 Å². The van der Waals surface area contributed by atoms with Gasteiger partial charge in [0.1, 0.15) is 18.0 Å². The molecule has 2 aliphatic heterocycles. The Morgan fingerprint density at radius 3 is 2.47 bits per heavy atom. The summed E-state index contributed by atoms with van der Waals surface area (Å²) in [6, 6.07) is 4.43. The molecule has 34 heavy (non-hydrogen) atoms. The van der Waals surface area contributed by atoms with Crippen molar-refractivity contribution in [3.63, 3.8) is 0 Å². The number of nitrogens with zero attached hydrogens (tertiary/aromatic N) is 4. The van der Waals surface area contributed by atoms with E-state index in [1.165, 1.54) is 27.1 Å². The Balaban J connectivity index is 1.58. The molecule has 2 heterocycles. The van der Waals surface area contributed by atoms with Gasteiger partial charge in [-0.25, -0.2) is 19.2 Å². The number of carboxylic acid groups (broad SMARTS) is 1. The number of benzene rings is 1. The molecule has 2 N–H and O–H groups in total. The molecular formula is C23H30FN5O5. The minimum absolute atomic E-state index is 0.00558. The van der Waals surface area contributed by atoms with Crippen LogP contribution in [0.15, 0.2) is 24.3 Å². The maximum atomic E-state index is 13.4. The van der Waals surface area contributed by atoms with Gasteiger partial charge in [-0.05, 0) is 37.0 Å². The van der Waals surface area contributed by atoms with Crippen molar-refractivity contribution in [2.45, 2.75) is 63.3 Å². The Labute approximate surface area is 197 Å². The van der Waals surface area contributed by atoms with E-state index in [4.69, 9.17) is 0 Å². The monoisotopic (exact) mass is 475 g/mol. The summed E-state index contributed by atoms with van der Waals surface area (Å²) < 4.78 is 13.2. The normalized spacial score (nSPS) is 23.9. The minimum atomic E-state index is -1.04. The second kappa shape index (κ2) is 9.96. The summed E-state index contributed by atoms with van der Waals surface area (Å²) in [4.78, 5) is 54.1. The average Bonchev–Trinajstić information content (AvgIpc) is 3.32. The first-order valence-electron chi connectivity index (χ1n) is 11.6. The summed E-state index contributed by atoms with van der Waals surface area (Å²) in [6.07, 6.45) is 2.71. The number of rotatable bonds is 6. The molecule has 0 spiro atoms. The van der Waals surface area contributed by atoms with Crippen molar-refractivity contribution in [1.82, 2.24) is 25.1 Å². The summed E-state index contributed by atoms with van der Waals surface area (Å²) in [7, 11) is 1.63. The lowest BCUT2D eigenvalue weighted by molar-refractivity contribution is -0.189. The van der Waals surface area contributed by atoms with Crippen LogP contribution in [0.5, 0.6) is 0 Å². The first kappa shape index (κ1) is 23.9. The molecule has 1 aromatic carbocycles. The number of carbonyl (C=O) groups excluding carboxylic acids is 3. The Morgan fingerprint density at radius 2 is 1.82 bits per heavy atom. The van der Waals surface area contributed by atoms with Crippen LogP contribution in [0.25, 0.3) is 0 Å². The van der Waals surface area contributed by atoms with Gasteiger partial charge in [-0.2, -0.15) is 0 Å². The molecule has 0 bridgehead atoms. The van der Waals surface area contributed by atoms with E-state index in [-0.39, 0.29) is 56.1 Å². The Morgan fingerprint density at radius 1 is 1.15 bits per heavy atom. The van der Waals surface area contributed by atoms with E-state index in [0.717, 1.165) is 25.7 Å². The lowest BCUT2D eigenvalue weighted by Gasteiger charge is -2.55. The number of carbonyl (C=O) groups is 4. The predicted molar refractivity (Wildman–Crippen MR) is 118 cm³/mol. The third kappa shape index (κ3) is 4.84. The van der Waals surface area contributed by atoms with Crippen molar-refractivity contribution < 1.29 is 28.7 Å². The highest BCUT2D eigenvalue weighted by molar-refractivity contribution is 5.92. The number of hydrogen-bond donors (Lipinski definition) is 2. The van der Waals surface area contributed by atoms with Crippen molar-refractivity contribution in [2.24, 2.45) is 0 Å². The van der Waals surface area contributed by atoms with Crippen LogP contribution in [-0.2, 0) is 20.9 Å². The lowest BCUT2D eigenvalue weighted by Crippen LogP contribution is -2.76. The minimum Gasteiger partial charge on any atom is -0.481 e. The van der Waals surface area contributed by atoms with Gasteiger partial charge in [-0.15, -0.1) is 0 Å². The van der Waals surface area contributed by atoms with Gasteiger partial charge in [0.25, 0.3) is 0 Å². The third-order valence-corrected chi connectivity index (χ3v) is 6.85. The van der Waals surface area contributed by atoms with Gasteiger partial charge in [-0.3, -0.25) is 14.4 Å². The van der Waals surface area contributed by atoms with E-state index in [9.17, 15) is 28.7 Å². The average molecular weight is 476 g/mol. The van der Waals surface area contributed by atoms with Crippen LogP contribution in [0.1, 0.15) is 44.1 Å². The molecule has 184 valence electrons. The molecule has 3 fully saturated rings. The second-order valence-electron chi connectivity index (χ2n) is 9.10. The van der Waals surface area contributed by atoms with Crippen LogP contribution in [0.2, 0.25) is 0 Å². The van der Waals surface area contributed by atoms with Crippen LogP contribution in [0, 0.1) is 5.82 Å². The zero-order valence-corrected chi connectivity index (χ0v) is 19.2. The fraction of sp³-hybridized carbons (Fsp3) is 0.565. The molecule has 1 aliphatic carbocycles. The van der Waals surface area contributed by atoms with Crippen LogP contribution in [0.4, 0.5) is 9.18 Å². The molecule has 4 amide bonds. The highest BCUT2D eigenvalue weighted by Crippen LogP contribution is 2.32. The second-order valence-corrected chi connectivity index (χ2v) is 9.10. The third-order valence-electron chi connectivity index (χ3n) is 6.85. The summed E-state index contributed by atoms with van der Waals surface area (Å²) in [5.41, 5.74) is 0.716. The summed E-state index contributed by atoms with van der Waals surface area (Å²) in [6.45, 7) is 0.228. The largest absolute Gasteiger partial charge is 0.481 e. The quantitative estimate of drug-likeness (QED) is 0.643. The highest BCUT2D eigenvalue weighted by Gasteiger charge is 2.51. The SMILES string of the molecule is CN1CC(=O)N2C(CCC(=O)O)C(=O)N(C3CCCC3)C[C@@H]2N1C(=O)NCc1ccc(F)cc1. The molecule has 4 rings (SSSR count). The molecule has 10 nitrogen and oxygen atoms in total. The highest BCUT2D eigenvalue weighted by atomic mass is 19.1. The predicted octanol–water partition coefficient (Wildman–Crippen LogP) is 1.37. The fourth-order valence-corrected chi connectivity index (χ4v) is 5.21. The van der Waals surface area contributed by atoms with Crippen LogP contribution < -0.4 is 5.32 Å². The van der Waals surface area contributed by atoms with Gasteiger partial charge in [-0.1, -0.05) is 25.0 Å². The molecule has 1 saturated carbocycles. The van der Waals surface area contributed by atoms with Crippen LogP contribution in [-0.4, -0.2) is 87.1 Å². The summed E-state index contributed by atoms with van der Waals surface area (Å²) >= 11 is 0. The van der Waals surface area contributed by atoms with Gasteiger partial charge in [0.15, 0.2) is 0 Å². The number of likely N-dealkylation sites (N-methyl/N-ethyl adjacent to an activating group) is 1. The van der Waals surface area contributed by atoms with E-state index >= 15 is 0 Å². The number of piperazine rings is 1. The number of hydrazine groups is 1. The number of nitrogens with one attached hydrogen (secondary N) is 1. The number of urea groups is 1. The maximum absolute atomic E-state index is 13.4. The van der Waals surface area contributed by atoms with E-state index < -0.39 is 24.2 Å². The number of hydrogen-bond acceptors (Lipinski definition) is 5. The summed E-state index contributed by atoms with van der Waals surface area (Å²) in [5, 5.41) is 15.0. The van der Waals surface area contributed by atoms with Crippen molar-refractivity contribution in [3.8, 4) is 0 Å². The van der Waals surface area contributed by atoms with E-state index in [1.54, 1.807) is 24.1 Å². The molecule has 11 heteroatoms. The molecule has 0 radical (unpaired) electrons. The van der Waals surface area contributed by atoms with Gasteiger partial charge in [0.05, 0.1) is 13.1 Å². The molecule has 1 aromatic rings. The van der Waals surface area contributed by atoms with Crippen molar-refractivity contribution in [1.29, 1.82) is 0 Å². The number of amides is 4. The standard InChI is InChI=1S/C23H30FN5O5/c1-26-14-20(30)28-18(10-11-21(31)32)22(33)27(17-4-2-3-5-17)13-19(28)29(26)23(34)25-12-15-6-8-16(24)9-7-15/h6-9,17-19H,2-5,10-14H2,1H3,(H,25,34)(H,31,32)/t18?,19-/m0/s1. The van der Waals surface area contributed by atoms with Crippen LogP contribution >= 0.6 is 0 Å². The molecular weight excluding hydrogens is 445 g/mol. The number of aliphatic carboxylic acids is 1. The van der Waals surface area contributed by atoms with Crippen molar-refractivity contribution in [2.75, 3.05) is 20.1 Å². The number of carboxylic acids is 1. The molecule has 2 saturated heterocycles. The van der Waals surface area contributed by atoms with E-state index in [1.807, 2.05) is 0 Å². The van der Waals surface area contributed by atoms with Crippen LogP contribution in [0.3, 0.4) is 0 Å². The zero-order valence-electron chi connectivity index (χ0n) is 19.2. The summed E-state index contributed by atoms with van der Waals surface area (Å²) in [5.74, 6) is -1.97. The smallest absolute Gasteiger partial charge is 0.334 e. The van der Waals surface area contributed by atoms with Gasteiger partial charge in [0, 0.05) is 26.1 Å². The van der Waals surface area contributed by atoms with Crippen molar-refractivity contribution >= 4 is 23.8 Å². The van der Waals surface area contributed by atoms with E-state index in [0.29, 0.717) is 5.56 Å². The Hall–Kier alpha value is -3.21. The number of fused-ring (bicyclic) bond motifs is 1. The Kier molecular flexibility index (Phi) is 7.01. The van der Waals surface area contributed by atoms with Gasteiger partial charge < -0.3 is 20.2 Å². The molecule has 1 unspecified atom stereocenters. The molecule has 2 atom stereocenters. The first-order chi connectivity index (χ1) is 16.3. The van der Waals surface area contributed by atoms with E-state index in [2.05, 4.69) is 5.32 Å². The van der Waals surface area contributed by atoms with Gasteiger partial charge in [0.2, 0.25) is 11.8 Å².